The molecule has 0 saturated carbocycles. The number of aromatic nitrogens is 5. The van der Waals surface area contributed by atoms with Gasteiger partial charge in [-0.1, -0.05) is 0 Å². The van der Waals surface area contributed by atoms with Crippen molar-refractivity contribution in [2.45, 2.75) is 6.92 Å². The molecule has 5 nitrogen and oxygen atoms in total. The van der Waals surface area contributed by atoms with Crippen LogP contribution in [-0.2, 0) is 0 Å². The van der Waals surface area contributed by atoms with Crippen LogP contribution in [0, 0.1) is 13.1 Å². The molecule has 6 heteroatoms. The maximum Gasteiger partial charge on any atom is 0.216 e. The topological polar surface area (TPSA) is 67.3 Å². The van der Waals surface area contributed by atoms with Crippen molar-refractivity contribution in [2.75, 3.05) is 0 Å². The van der Waals surface area contributed by atoms with Gasteiger partial charge in [-0.15, -0.1) is 21.5 Å². The molecule has 0 amide bonds. The maximum atomic E-state index is 3.94. The number of thiazole rings is 1. The zero-order valence-electron chi connectivity index (χ0n) is 5.70. The quantitative estimate of drug-likeness (QED) is 0.667. The molecule has 1 N–H and O–H groups in total. The molecule has 2 heterocycles. The summed E-state index contributed by atoms with van der Waals surface area (Å²) in [5.74, 6) is 0.551. The molecule has 0 saturated heterocycles. The molecule has 2 aromatic heterocycles. The lowest BCUT2D eigenvalue weighted by Gasteiger charge is -1.78. The summed E-state index contributed by atoms with van der Waals surface area (Å²) in [6, 6.07) is 0. The Bertz CT molecular complexity index is 337. The van der Waals surface area contributed by atoms with Gasteiger partial charge in [0.15, 0.2) is 0 Å². The van der Waals surface area contributed by atoms with Crippen LogP contribution in [0.25, 0.3) is 10.7 Å². The minimum absolute atomic E-state index is 0.551. The summed E-state index contributed by atoms with van der Waals surface area (Å²) in [4.78, 5) is 4.76. The van der Waals surface area contributed by atoms with Gasteiger partial charge in [0.05, 0.1) is 5.01 Å². The lowest BCUT2D eigenvalue weighted by Crippen LogP contribution is -1.74. The minimum atomic E-state index is 0.551. The Kier molecular flexibility index (Phi) is 1.39. The minimum Gasteiger partial charge on any atom is -0.239 e. The van der Waals surface area contributed by atoms with E-state index in [2.05, 4.69) is 31.8 Å². The maximum absolute atomic E-state index is 3.94. The molecule has 2 rings (SSSR count). The summed E-state index contributed by atoms with van der Waals surface area (Å²) >= 11 is 1.49. The van der Waals surface area contributed by atoms with Gasteiger partial charge in [-0.2, -0.15) is 5.21 Å². The molecule has 0 unspecified atom stereocenters. The van der Waals surface area contributed by atoms with Gasteiger partial charge in [0, 0.05) is 0 Å². The van der Waals surface area contributed by atoms with Crippen LogP contribution < -0.4 is 0 Å². The first-order valence-corrected chi connectivity index (χ1v) is 3.77. The monoisotopic (exact) mass is 166 g/mol. The smallest absolute Gasteiger partial charge is 0.216 e. The lowest BCUT2D eigenvalue weighted by atomic mass is 10.5. The van der Waals surface area contributed by atoms with Crippen LogP contribution >= 0.6 is 11.3 Å². The molecule has 0 aliphatic carbocycles. The SMILES string of the molecule is Cc1n[c]c(-c2nn[nH]n2)s1. The Morgan fingerprint density at radius 2 is 2.45 bits per heavy atom. The van der Waals surface area contributed by atoms with E-state index >= 15 is 0 Å². The molecule has 0 aromatic carbocycles. The summed E-state index contributed by atoms with van der Waals surface area (Å²) in [6.45, 7) is 1.91. The Morgan fingerprint density at radius 1 is 1.55 bits per heavy atom. The van der Waals surface area contributed by atoms with Crippen LogP contribution in [0.5, 0.6) is 0 Å². The van der Waals surface area contributed by atoms with E-state index in [1.54, 1.807) is 0 Å². The fourth-order valence-corrected chi connectivity index (χ4v) is 1.33. The molecule has 0 fully saturated rings. The van der Waals surface area contributed by atoms with Crippen molar-refractivity contribution >= 4 is 11.3 Å². The third-order valence-corrected chi connectivity index (χ3v) is 1.98. The predicted molar refractivity (Wildman–Crippen MR) is 38.9 cm³/mol. The number of hydrogen-bond acceptors (Lipinski definition) is 5. The third kappa shape index (κ3) is 1.12. The van der Waals surface area contributed by atoms with E-state index in [1.807, 2.05) is 6.92 Å². The zero-order valence-corrected chi connectivity index (χ0v) is 6.51. The number of nitrogens with zero attached hydrogens (tertiary/aromatic N) is 4. The van der Waals surface area contributed by atoms with Crippen molar-refractivity contribution in [3.63, 3.8) is 0 Å². The second-order valence-electron chi connectivity index (χ2n) is 1.91. The summed E-state index contributed by atoms with van der Waals surface area (Å²) in [5, 5.41) is 14.3. The Morgan fingerprint density at radius 3 is 3.00 bits per heavy atom. The van der Waals surface area contributed by atoms with E-state index in [0.717, 1.165) is 9.88 Å². The van der Waals surface area contributed by atoms with Gasteiger partial charge in [0.1, 0.15) is 11.1 Å². The van der Waals surface area contributed by atoms with Crippen LogP contribution in [0.3, 0.4) is 0 Å². The van der Waals surface area contributed by atoms with E-state index < -0.39 is 0 Å². The zero-order chi connectivity index (χ0) is 7.68. The summed E-state index contributed by atoms with van der Waals surface area (Å²) in [7, 11) is 0. The van der Waals surface area contributed by atoms with Gasteiger partial charge in [0.25, 0.3) is 0 Å². The third-order valence-electron chi connectivity index (χ3n) is 1.11. The van der Waals surface area contributed by atoms with Crippen LogP contribution in [0.2, 0.25) is 0 Å². The average molecular weight is 166 g/mol. The number of aromatic amines is 1. The van der Waals surface area contributed by atoms with E-state index in [4.69, 9.17) is 0 Å². The second kappa shape index (κ2) is 2.39. The predicted octanol–water partition coefficient (Wildman–Crippen LogP) is 0.432. The van der Waals surface area contributed by atoms with E-state index in [0.29, 0.717) is 5.82 Å². The van der Waals surface area contributed by atoms with Crippen LogP contribution in [-0.4, -0.2) is 25.6 Å². The fourth-order valence-electron chi connectivity index (χ4n) is 0.676. The van der Waals surface area contributed by atoms with Crippen LogP contribution in [0.15, 0.2) is 0 Å². The van der Waals surface area contributed by atoms with Gasteiger partial charge in [-0.05, 0) is 12.1 Å². The average Bonchev–Trinajstić information content (AvgIpc) is 2.55. The van der Waals surface area contributed by atoms with Gasteiger partial charge in [0.2, 0.25) is 5.82 Å². The largest absolute Gasteiger partial charge is 0.239 e. The highest BCUT2D eigenvalue weighted by atomic mass is 32.1. The van der Waals surface area contributed by atoms with Gasteiger partial charge < -0.3 is 0 Å². The number of hydrogen-bond donors (Lipinski definition) is 1. The number of H-pyrrole nitrogens is 1. The first-order valence-electron chi connectivity index (χ1n) is 2.95. The van der Waals surface area contributed by atoms with E-state index in [1.165, 1.54) is 11.3 Å². The highest BCUT2D eigenvalue weighted by Crippen LogP contribution is 2.19. The molecule has 11 heavy (non-hydrogen) atoms. The Labute approximate surface area is 66.5 Å². The van der Waals surface area contributed by atoms with Crippen molar-refractivity contribution in [3.05, 3.63) is 11.2 Å². The highest BCUT2D eigenvalue weighted by molar-refractivity contribution is 7.14. The number of rotatable bonds is 1. The molecular weight excluding hydrogens is 162 g/mol. The molecular formula is C5H4N5S. The van der Waals surface area contributed by atoms with Crippen LogP contribution in [0.4, 0.5) is 0 Å². The summed E-state index contributed by atoms with van der Waals surface area (Å²) in [5.41, 5.74) is 0. The fraction of sp³-hybridized carbons (Fsp3) is 0.200. The van der Waals surface area contributed by atoms with Crippen molar-refractivity contribution in [2.24, 2.45) is 0 Å². The highest BCUT2D eigenvalue weighted by Gasteiger charge is 2.05. The summed E-state index contributed by atoms with van der Waals surface area (Å²) < 4.78 is 0. The normalized spacial score (nSPS) is 10.3. The standard InChI is InChI=1S/C5H4N5S/c1-3-6-2-4(11-3)5-7-9-10-8-5/h1H3,(H,7,8,9,10). The molecule has 0 aliphatic heterocycles. The number of nitrogens with one attached hydrogen (secondary N) is 1. The number of tetrazole rings is 1. The van der Waals surface area contributed by atoms with Gasteiger partial charge >= 0.3 is 0 Å². The molecule has 0 spiro atoms. The first kappa shape index (κ1) is 6.41. The second-order valence-corrected chi connectivity index (χ2v) is 3.11. The van der Waals surface area contributed by atoms with Gasteiger partial charge in [-0.3, -0.25) is 0 Å². The number of aryl methyl sites for hydroxylation is 1. The lowest BCUT2D eigenvalue weighted by molar-refractivity contribution is 0.881. The molecule has 1 radical (unpaired) electrons. The van der Waals surface area contributed by atoms with Crippen LogP contribution in [0.1, 0.15) is 5.01 Å². The van der Waals surface area contributed by atoms with Crippen molar-refractivity contribution in [3.8, 4) is 10.7 Å². The first-order chi connectivity index (χ1) is 5.36. The molecule has 2 aromatic rings. The molecule has 55 valence electrons. The summed E-state index contributed by atoms with van der Waals surface area (Å²) in [6.07, 6.45) is 2.79. The van der Waals surface area contributed by atoms with Crippen molar-refractivity contribution < 1.29 is 0 Å². The van der Waals surface area contributed by atoms with Crippen molar-refractivity contribution in [1.29, 1.82) is 0 Å². The van der Waals surface area contributed by atoms with Crippen molar-refractivity contribution in [1.82, 2.24) is 25.6 Å². The van der Waals surface area contributed by atoms with Gasteiger partial charge in [-0.25, -0.2) is 4.98 Å². The molecule has 0 bridgehead atoms. The van der Waals surface area contributed by atoms with E-state index in [9.17, 15) is 0 Å². The molecule has 0 aliphatic rings. The molecule has 0 atom stereocenters. The van der Waals surface area contributed by atoms with E-state index in [-0.39, 0.29) is 0 Å². The Hall–Kier alpha value is -1.30. The Balaban J connectivity index is 2.45.